The van der Waals surface area contributed by atoms with Crippen molar-refractivity contribution in [2.45, 2.75) is 51.7 Å². The third kappa shape index (κ3) is 3.93. The summed E-state index contributed by atoms with van der Waals surface area (Å²) in [5.74, 6) is 2.69. The number of ether oxygens (including phenoxy) is 4. The molecule has 2 fully saturated rings. The summed E-state index contributed by atoms with van der Waals surface area (Å²) in [7, 11) is 0. The van der Waals surface area contributed by atoms with Crippen molar-refractivity contribution in [1.29, 1.82) is 0 Å². The summed E-state index contributed by atoms with van der Waals surface area (Å²) in [5.41, 5.74) is 2.38. The van der Waals surface area contributed by atoms with Crippen molar-refractivity contribution in [3.05, 3.63) is 23.3 Å². The SMILES string of the molecule is CC(C)c1cc(OCC2CO2)c(C(C)C)cc1OCC1CO1. The molecule has 122 valence electrons. The lowest BCUT2D eigenvalue weighted by Gasteiger charge is -2.20. The molecule has 2 aliphatic heterocycles. The van der Waals surface area contributed by atoms with E-state index < -0.39 is 0 Å². The van der Waals surface area contributed by atoms with Gasteiger partial charge in [0, 0.05) is 11.1 Å². The van der Waals surface area contributed by atoms with E-state index in [9.17, 15) is 0 Å². The zero-order chi connectivity index (χ0) is 15.7. The minimum absolute atomic E-state index is 0.269. The second kappa shape index (κ2) is 6.47. The number of hydrogen-bond acceptors (Lipinski definition) is 4. The zero-order valence-corrected chi connectivity index (χ0v) is 13.9. The third-order valence-electron chi connectivity index (χ3n) is 4.04. The molecule has 2 unspecified atom stereocenters. The van der Waals surface area contributed by atoms with Crippen LogP contribution in [0.1, 0.15) is 50.7 Å². The highest BCUT2D eigenvalue weighted by molar-refractivity contribution is 5.49. The van der Waals surface area contributed by atoms with Gasteiger partial charge >= 0.3 is 0 Å². The van der Waals surface area contributed by atoms with E-state index in [-0.39, 0.29) is 12.2 Å². The standard InChI is InChI=1S/C18H26O4/c1-11(2)15-5-18(22-10-14-8-20-14)16(12(3)4)6-17(15)21-9-13-7-19-13/h5-6,11-14H,7-10H2,1-4H3. The second-order valence-corrected chi connectivity index (χ2v) is 6.77. The molecule has 4 nitrogen and oxygen atoms in total. The van der Waals surface area contributed by atoms with Crippen LogP contribution in [0.5, 0.6) is 11.5 Å². The Morgan fingerprint density at radius 2 is 1.23 bits per heavy atom. The molecule has 0 aliphatic carbocycles. The van der Waals surface area contributed by atoms with Gasteiger partial charge in [-0.05, 0) is 24.0 Å². The van der Waals surface area contributed by atoms with Gasteiger partial charge < -0.3 is 18.9 Å². The van der Waals surface area contributed by atoms with Crippen molar-refractivity contribution < 1.29 is 18.9 Å². The summed E-state index contributed by atoms with van der Waals surface area (Å²) in [4.78, 5) is 0. The summed E-state index contributed by atoms with van der Waals surface area (Å²) in [6, 6.07) is 4.29. The molecule has 0 bridgehead atoms. The molecular formula is C18H26O4. The Kier molecular flexibility index (Phi) is 4.59. The minimum atomic E-state index is 0.269. The molecule has 2 saturated heterocycles. The molecular weight excluding hydrogens is 280 g/mol. The Morgan fingerprint density at radius 3 is 1.50 bits per heavy atom. The molecule has 2 atom stereocenters. The third-order valence-corrected chi connectivity index (χ3v) is 4.04. The van der Waals surface area contributed by atoms with Gasteiger partial charge in [0.2, 0.25) is 0 Å². The zero-order valence-electron chi connectivity index (χ0n) is 13.9. The van der Waals surface area contributed by atoms with Crippen LogP contribution in [-0.2, 0) is 9.47 Å². The van der Waals surface area contributed by atoms with Crippen LogP contribution in [0.4, 0.5) is 0 Å². The van der Waals surface area contributed by atoms with Crippen LogP contribution in [0.15, 0.2) is 12.1 Å². The minimum Gasteiger partial charge on any atom is -0.490 e. The first-order valence-electron chi connectivity index (χ1n) is 8.21. The maximum atomic E-state index is 6.00. The molecule has 2 aliphatic rings. The molecule has 3 rings (SSSR count). The molecule has 0 aromatic heterocycles. The fourth-order valence-electron chi connectivity index (χ4n) is 2.44. The van der Waals surface area contributed by atoms with Gasteiger partial charge in [-0.3, -0.25) is 0 Å². The lowest BCUT2D eigenvalue weighted by Crippen LogP contribution is -2.10. The predicted octanol–water partition coefficient (Wildman–Crippen LogP) is 3.49. The maximum absolute atomic E-state index is 6.00. The van der Waals surface area contributed by atoms with Gasteiger partial charge in [0.25, 0.3) is 0 Å². The summed E-state index contributed by atoms with van der Waals surface area (Å²) >= 11 is 0. The smallest absolute Gasteiger partial charge is 0.123 e. The van der Waals surface area contributed by atoms with Gasteiger partial charge in [0.1, 0.15) is 36.9 Å². The van der Waals surface area contributed by atoms with Crippen LogP contribution < -0.4 is 9.47 Å². The molecule has 2 heterocycles. The van der Waals surface area contributed by atoms with E-state index >= 15 is 0 Å². The van der Waals surface area contributed by atoms with Crippen molar-refractivity contribution in [2.75, 3.05) is 26.4 Å². The highest BCUT2D eigenvalue weighted by atomic mass is 16.6. The van der Waals surface area contributed by atoms with E-state index in [1.165, 1.54) is 11.1 Å². The van der Waals surface area contributed by atoms with E-state index in [1.54, 1.807) is 0 Å². The van der Waals surface area contributed by atoms with Gasteiger partial charge in [-0.25, -0.2) is 0 Å². The molecule has 0 N–H and O–H groups in total. The van der Waals surface area contributed by atoms with Gasteiger partial charge in [0.05, 0.1) is 13.2 Å². The van der Waals surface area contributed by atoms with E-state index in [2.05, 4.69) is 39.8 Å². The fourth-order valence-corrected chi connectivity index (χ4v) is 2.44. The summed E-state index contributed by atoms with van der Waals surface area (Å²) in [6.45, 7) is 11.6. The normalized spacial score (nSPS) is 23.0. The fraction of sp³-hybridized carbons (Fsp3) is 0.667. The van der Waals surface area contributed by atoms with Crippen molar-refractivity contribution >= 4 is 0 Å². The van der Waals surface area contributed by atoms with E-state index in [0.29, 0.717) is 25.0 Å². The molecule has 0 radical (unpaired) electrons. The molecule has 0 spiro atoms. The highest BCUT2D eigenvalue weighted by Crippen LogP contribution is 2.37. The Bertz CT molecular complexity index is 468. The van der Waals surface area contributed by atoms with Gasteiger partial charge in [0.15, 0.2) is 0 Å². The number of hydrogen-bond donors (Lipinski definition) is 0. The molecule has 0 amide bonds. The van der Waals surface area contributed by atoms with Crippen LogP contribution in [-0.4, -0.2) is 38.6 Å². The van der Waals surface area contributed by atoms with Crippen LogP contribution in [0.2, 0.25) is 0 Å². The summed E-state index contributed by atoms with van der Waals surface area (Å²) < 4.78 is 22.5. The average molecular weight is 306 g/mol. The molecule has 22 heavy (non-hydrogen) atoms. The van der Waals surface area contributed by atoms with E-state index in [4.69, 9.17) is 18.9 Å². The first-order chi connectivity index (χ1) is 10.5. The monoisotopic (exact) mass is 306 g/mol. The number of epoxide rings is 2. The molecule has 1 aromatic carbocycles. The van der Waals surface area contributed by atoms with Crippen LogP contribution in [0.25, 0.3) is 0 Å². The average Bonchev–Trinajstić information content (AvgIpc) is 3.36. The first kappa shape index (κ1) is 15.6. The van der Waals surface area contributed by atoms with Gasteiger partial charge in [-0.2, -0.15) is 0 Å². The second-order valence-electron chi connectivity index (χ2n) is 6.77. The Balaban J connectivity index is 1.84. The molecule has 0 saturated carbocycles. The lowest BCUT2D eigenvalue weighted by atomic mass is 9.95. The lowest BCUT2D eigenvalue weighted by molar-refractivity contribution is 0.253. The highest BCUT2D eigenvalue weighted by Gasteiger charge is 2.26. The van der Waals surface area contributed by atoms with Crippen molar-refractivity contribution in [2.24, 2.45) is 0 Å². The first-order valence-corrected chi connectivity index (χ1v) is 8.21. The van der Waals surface area contributed by atoms with Crippen LogP contribution in [0, 0.1) is 0 Å². The Labute approximate surface area is 132 Å². The van der Waals surface area contributed by atoms with E-state index in [0.717, 1.165) is 24.7 Å². The van der Waals surface area contributed by atoms with Gasteiger partial charge in [-0.1, -0.05) is 27.7 Å². The van der Waals surface area contributed by atoms with Crippen molar-refractivity contribution in [1.82, 2.24) is 0 Å². The number of rotatable bonds is 8. The summed E-state index contributed by atoms with van der Waals surface area (Å²) in [6.07, 6.45) is 0.538. The van der Waals surface area contributed by atoms with Crippen LogP contribution in [0.3, 0.4) is 0 Å². The number of benzene rings is 1. The Morgan fingerprint density at radius 1 is 0.864 bits per heavy atom. The van der Waals surface area contributed by atoms with E-state index in [1.807, 2.05) is 0 Å². The predicted molar refractivity (Wildman–Crippen MR) is 85.1 cm³/mol. The van der Waals surface area contributed by atoms with Gasteiger partial charge in [-0.15, -0.1) is 0 Å². The van der Waals surface area contributed by atoms with Crippen molar-refractivity contribution in [3.8, 4) is 11.5 Å². The molecule has 1 aromatic rings. The molecule has 4 heteroatoms. The largest absolute Gasteiger partial charge is 0.490 e. The van der Waals surface area contributed by atoms with Crippen molar-refractivity contribution in [3.63, 3.8) is 0 Å². The quantitative estimate of drug-likeness (QED) is 0.690. The Hall–Kier alpha value is -1.26. The maximum Gasteiger partial charge on any atom is 0.123 e. The summed E-state index contributed by atoms with van der Waals surface area (Å²) in [5, 5.41) is 0. The topological polar surface area (TPSA) is 43.5 Å². The van der Waals surface area contributed by atoms with Crippen LogP contribution >= 0.6 is 0 Å².